The molecule has 0 aliphatic heterocycles. The molecule has 0 radical (unpaired) electrons. The number of aryl methyl sites for hydroxylation is 1. The molecule has 1 aromatic carbocycles. The topological polar surface area (TPSA) is 42.3 Å². The first kappa shape index (κ1) is 18.2. The fourth-order valence-corrected chi connectivity index (χ4v) is 3.45. The van der Waals surface area contributed by atoms with Crippen molar-refractivity contribution >= 4 is 17.2 Å². The van der Waals surface area contributed by atoms with Crippen LogP contribution in [0.5, 0.6) is 0 Å². The van der Waals surface area contributed by atoms with Crippen molar-refractivity contribution in [2.24, 2.45) is 0 Å². The number of hydrogen-bond acceptors (Lipinski definition) is 3. The molecule has 1 amide bonds. The minimum absolute atomic E-state index is 0.0114. The molecule has 2 rings (SSSR count). The molecular weight excluding hydrogens is 320 g/mol. The third-order valence-electron chi connectivity index (χ3n) is 4.14. The average Bonchev–Trinajstić information content (AvgIpc) is 2.82. The molecule has 24 heavy (non-hydrogen) atoms. The first-order chi connectivity index (χ1) is 11.5. The second-order valence-electron chi connectivity index (χ2n) is 5.78. The van der Waals surface area contributed by atoms with E-state index in [1.165, 1.54) is 16.9 Å². The fraction of sp³-hybridized carbons (Fsp3) is 0.368. The highest BCUT2D eigenvalue weighted by molar-refractivity contribution is 7.09. The molecular formula is C19H24N2O2S. The molecule has 1 aromatic heterocycles. The molecule has 0 aliphatic carbocycles. The molecule has 0 N–H and O–H groups in total. The van der Waals surface area contributed by atoms with Gasteiger partial charge in [-0.25, -0.2) is 0 Å². The van der Waals surface area contributed by atoms with Gasteiger partial charge in [-0.2, -0.15) is 0 Å². The zero-order valence-electron chi connectivity index (χ0n) is 14.3. The van der Waals surface area contributed by atoms with E-state index in [-0.39, 0.29) is 10.8 Å². The zero-order valence-corrected chi connectivity index (χ0v) is 15.1. The highest BCUT2D eigenvalue weighted by Gasteiger charge is 2.14. The Kier molecular flexibility index (Phi) is 6.55. The van der Waals surface area contributed by atoms with Gasteiger partial charge in [0.1, 0.15) is 0 Å². The van der Waals surface area contributed by atoms with Crippen molar-refractivity contribution in [3.8, 4) is 0 Å². The smallest absolute Gasteiger partial charge is 0.307 e. The van der Waals surface area contributed by atoms with Gasteiger partial charge >= 0.3 is 4.87 Å². The molecule has 0 saturated carbocycles. The number of benzene rings is 1. The van der Waals surface area contributed by atoms with E-state index in [0.717, 1.165) is 17.0 Å². The van der Waals surface area contributed by atoms with Crippen LogP contribution in [-0.4, -0.2) is 28.5 Å². The first-order valence-corrected chi connectivity index (χ1v) is 8.94. The minimum Gasteiger partial charge on any atom is -0.339 e. The van der Waals surface area contributed by atoms with Gasteiger partial charge in [0.05, 0.1) is 0 Å². The van der Waals surface area contributed by atoms with Crippen molar-refractivity contribution in [1.82, 2.24) is 9.47 Å². The summed E-state index contributed by atoms with van der Waals surface area (Å²) >= 11 is 1.24. The van der Waals surface area contributed by atoms with Crippen molar-refractivity contribution in [2.45, 2.75) is 33.2 Å². The number of aromatic nitrogens is 1. The lowest BCUT2D eigenvalue weighted by Crippen LogP contribution is -2.34. The second kappa shape index (κ2) is 8.64. The van der Waals surface area contributed by atoms with Crippen LogP contribution in [-0.2, 0) is 17.8 Å². The summed E-state index contributed by atoms with van der Waals surface area (Å²) in [6.45, 7) is 9.23. The molecule has 0 fully saturated rings. The minimum atomic E-state index is 0.0114. The number of carbonyl (C=O) groups is 1. The van der Waals surface area contributed by atoms with Gasteiger partial charge in [0, 0.05) is 36.6 Å². The Bertz CT molecular complexity index is 746. The van der Waals surface area contributed by atoms with Crippen molar-refractivity contribution < 1.29 is 4.79 Å². The zero-order chi connectivity index (χ0) is 17.5. The summed E-state index contributed by atoms with van der Waals surface area (Å²) in [5, 5.41) is 0. The number of nitrogens with zero attached hydrogens (tertiary/aromatic N) is 2. The van der Waals surface area contributed by atoms with Gasteiger partial charge in [-0.05, 0) is 25.8 Å². The van der Waals surface area contributed by atoms with Crippen LogP contribution in [0.4, 0.5) is 0 Å². The summed E-state index contributed by atoms with van der Waals surface area (Å²) in [6, 6.07) is 10.1. The van der Waals surface area contributed by atoms with Crippen molar-refractivity contribution in [1.29, 1.82) is 0 Å². The Balaban J connectivity index is 1.95. The van der Waals surface area contributed by atoms with E-state index in [2.05, 4.69) is 18.7 Å². The third-order valence-corrected chi connectivity index (χ3v) is 5.14. The van der Waals surface area contributed by atoms with Crippen LogP contribution in [0.25, 0.3) is 0 Å². The molecule has 0 spiro atoms. The van der Waals surface area contributed by atoms with E-state index in [1.54, 1.807) is 15.5 Å². The van der Waals surface area contributed by atoms with Crippen molar-refractivity contribution in [3.63, 3.8) is 0 Å². The number of rotatable bonds is 8. The Morgan fingerprint density at radius 3 is 2.58 bits per heavy atom. The molecule has 2 aromatic rings. The third kappa shape index (κ3) is 4.68. The predicted octanol–water partition coefficient (Wildman–Crippen LogP) is 3.17. The largest absolute Gasteiger partial charge is 0.339 e. The standard InChI is InChI=1S/C19H24N2O2S/c1-4-12-20(13-10-17-8-6-5-7-9-17)18(22)11-14-21-15(2)16(3)24-19(21)23/h4-9H,1,10-14H2,2-3H3. The van der Waals surface area contributed by atoms with Gasteiger partial charge in [0.2, 0.25) is 5.91 Å². The van der Waals surface area contributed by atoms with Crippen LogP contribution in [0.15, 0.2) is 47.8 Å². The Morgan fingerprint density at radius 2 is 2.00 bits per heavy atom. The van der Waals surface area contributed by atoms with E-state index in [9.17, 15) is 9.59 Å². The maximum absolute atomic E-state index is 12.5. The second-order valence-corrected chi connectivity index (χ2v) is 6.94. The number of amides is 1. The number of thiazole rings is 1. The SMILES string of the molecule is C=CCN(CCc1ccccc1)C(=O)CCn1c(C)c(C)sc1=O. The molecule has 0 aliphatic rings. The van der Waals surface area contributed by atoms with Gasteiger partial charge in [-0.3, -0.25) is 9.59 Å². The van der Waals surface area contributed by atoms with Crippen molar-refractivity contribution in [3.05, 3.63) is 68.8 Å². The average molecular weight is 344 g/mol. The van der Waals surface area contributed by atoms with Gasteiger partial charge in [-0.15, -0.1) is 6.58 Å². The summed E-state index contributed by atoms with van der Waals surface area (Å²) in [5.41, 5.74) is 2.16. The lowest BCUT2D eigenvalue weighted by molar-refractivity contribution is -0.130. The Morgan fingerprint density at radius 1 is 1.29 bits per heavy atom. The molecule has 0 bridgehead atoms. The predicted molar refractivity (Wildman–Crippen MR) is 99.6 cm³/mol. The van der Waals surface area contributed by atoms with Gasteiger partial charge in [-0.1, -0.05) is 47.7 Å². The van der Waals surface area contributed by atoms with E-state index in [0.29, 0.717) is 26.1 Å². The molecule has 4 nitrogen and oxygen atoms in total. The molecule has 128 valence electrons. The van der Waals surface area contributed by atoms with E-state index >= 15 is 0 Å². The van der Waals surface area contributed by atoms with Crippen LogP contribution >= 0.6 is 11.3 Å². The number of hydrogen-bond donors (Lipinski definition) is 0. The first-order valence-electron chi connectivity index (χ1n) is 8.12. The highest BCUT2D eigenvalue weighted by Crippen LogP contribution is 2.10. The summed E-state index contributed by atoms with van der Waals surface area (Å²) < 4.78 is 1.70. The number of carbonyl (C=O) groups excluding carboxylic acids is 1. The molecule has 0 unspecified atom stereocenters. The highest BCUT2D eigenvalue weighted by atomic mass is 32.1. The summed E-state index contributed by atoms with van der Waals surface area (Å²) in [7, 11) is 0. The van der Waals surface area contributed by atoms with E-state index in [1.807, 2.05) is 32.0 Å². The Hall–Kier alpha value is -2.14. The van der Waals surface area contributed by atoms with Crippen LogP contribution < -0.4 is 4.87 Å². The summed E-state index contributed by atoms with van der Waals surface area (Å²) in [5.74, 6) is 0.0565. The van der Waals surface area contributed by atoms with Gasteiger partial charge in [0.25, 0.3) is 0 Å². The monoisotopic (exact) mass is 344 g/mol. The van der Waals surface area contributed by atoms with Gasteiger partial charge < -0.3 is 9.47 Å². The van der Waals surface area contributed by atoms with Crippen molar-refractivity contribution in [2.75, 3.05) is 13.1 Å². The van der Waals surface area contributed by atoms with Crippen LogP contribution in [0, 0.1) is 13.8 Å². The van der Waals surface area contributed by atoms with E-state index in [4.69, 9.17) is 0 Å². The lowest BCUT2D eigenvalue weighted by atomic mass is 10.1. The van der Waals surface area contributed by atoms with E-state index < -0.39 is 0 Å². The maximum Gasteiger partial charge on any atom is 0.307 e. The molecule has 1 heterocycles. The summed E-state index contributed by atoms with van der Waals surface area (Å²) in [6.07, 6.45) is 2.89. The lowest BCUT2D eigenvalue weighted by Gasteiger charge is -2.21. The summed E-state index contributed by atoms with van der Waals surface area (Å²) in [4.78, 5) is 27.3. The van der Waals surface area contributed by atoms with Gasteiger partial charge in [0.15, 0.2) is 0 Å². The molecule has 5 heteroatoms. The molecule has 0 atom stereocenters. The van der Waals surface area contributed by atoms with Crippen LogP contribution in [0.1, 0.15) is 22.6 Å². The fourth-order valence-electron chi connectivity index (χ4n) is 2.59. The van der Waals surface area contributed by atoms with Crippen LogP contribution in [0.3, 0.4) is 0 Å². The normalized spacial score (nSPS) is 10.6. The maximum atomic E-state index is 12.5. The van der Waals surface area contributed by atoms with Crippen LogP contribution in [0.2, 0.25) is 0 Å². The quantitative estimate of drug-likeness (QED) is 0.690. The molecule has 0 saturated heterocycles. The Labute approximate surface area is 147 Å².